The largest absolute Gasteiger partial charge is 0.494 e. The minimum atomic E-state index is 0.246. The number of aromatic nitrogens is 1. The van der Waals surface area contributed by atoms with Crippen LogP contribution >= 0.6 is 12.2 Å². The maximum absolute atomic E-state index is 5.72. The lowest BCUT2D eigenvalue weighted by Gasteiger charge is -2.09. The van der Waals surface area contributed by atoms with Crippen LogP contribution in [-0.2, 0) is 0 Å². The highest BCUT2D eigenvalue weighted by molar-refractivity contribution is 7.80. The molecule has 0 aliphatic heterocycles. The summed E-state index contributed by atoms with van der Waals surface area (Å²) in [4.78, 5) is 4.01. The Morgan fingerprint density at radius 1 is 1.04 bits per heavy atom. The van der Waals surface area contributed by atoms with E-state index in [0.717, 1.165) is 36.4 Å². The second kappa shape index (κ2) is 9.63. The summed E-state index contributed by atoms with van der Waals surface area (Å²) in [7, 11) is 0. The fourth-order valence-electron chi connectivity index (χ4n) is 2.00. The summed E-state index contributed by atoms with van der Waals surface area (Å²) >= 11 is 4.81. The van der Waals surface area contributed by atoms with E-state index in [9.17, 15) is 0 Å². The van der Waals surface area contributed by atoms with Crippen LogP contribution in [0, 0.1) is 0 Å². The molecule has 0 spiro atoms. The van der Waals surface area contributed by atoms with Gasteiger partial charge in [0.2, 0.25) is 0 Å². The van der Waals surface area contributed by atoms with Crippen LogP contribution in [0.1, 0.15) is 19.3 Å². The number of thiocarbonyl (C=S) groups is 1. The Kier molecular flexibility index (Phi) is 7.13. The van der Waals surface area contributed by atoms with Crippen molar-refractivity contribution in [2.45, 2.75) is 19.3 Å². The molecule has 0 atom stereocenters. The van der Waals surface area contributed by atoms with Gasteiger partial charge in [-0.25, -0.2) is 0 Å². The van der Waals surface area contributed by atoms with Crippen LogP contribution in [-0.4, -0.2) is 23.3 Å². The van der Waals surface area contributed by atoms with Gasteiger partial charge in [-0.15, -0.1) is 0 Å². The van der Waals surface area contributed by atoms with Gasteiger partial charge >= 0.3 is 0 Å². The number of pyridine rings is 1. The molecule has 0 radical (unpaired) electrons. The summed E-state index contributed by atoms with van der Waals surface area (Å²) in [6, 6.07) is 11.4. The quantitative estimate of drug-likeness (QED) is 0.542. The molecule has 1 aromatic carbocycles. The van der Waals surface area contributed by atoms with Crippen molar-refractivity contribution >= 4 is 23.0 Å². The molecule has 3 N–H and O–H groups in total. The lowest BCUT2D eigenvalue weighted by molar-refractivity contribution is 0.279. The zero-order valence-corrected chi connectivity index (χ0v) is 13.7. The number of ether oxygens (including phenoxy) is 2. The van der Waals surface area contributed by atoms with E-state index in [1.54, 1.807) is 12.4 Å². The number of rotatable bonds is 9. The number of hydrogen-bond acceptors (Lipinski definition) is 4. The first-order valence-electron chi connectivity index (χ1n) is 7.56. The molecule has 0 fully saturated rings. The lowest BCUT2D eigenvalue weighted by atomic mass is 10.2. The number of unbranched alkanes of at least 4 members (excludes halogenated alkanes) is 2. The normalized spacial score (nSPS) is 10.1. The van der Waals surface area contributed by atoms with Gasteiger partial charge in [0.15, 0.2) is 5.11 Å². The van der Waals surface area contributed by atoms with Gasteiger partial charge in [0, 0.05) is 18.0 Å². The summed E-state index contributed by atoms with van der Waals surface area (Å²) in [6.07, 6.45) is 6.46. The van der Waals surface area contributed by atoms with E-state index in [1.165, 1.54) is 0 Å². The molecule has 0 saturated heterocycles. The third kappa shape index (κ3) is 6.97. The minimum Gasteiger partial charge on any atom is -0.494 e. The Hall–Kier alpha value is -2.34. The number of nitrogens with one attached hydrogen (secondary N) is 1. The van der Waals surface area contributed by atoms with E-state index >= 15 is 0 Å². The second-order valence-corrected chi connectivity index (χ2v) is 5.40. The number of nitrogens with zero attached hydrogens (tertiary/aromatic N) is 1. The predicted molar refractivity (Wildman–Crippen MR) is 95.9 cm³/mol. The summed E-state index contributed by atoms with van der Waals surface area (Å²) in [5.41, 5.74) is 6.28. The van der Waals surface area contributed by atoms with Gasteiger partial charge in [-0.3, -0.25) is 4.98 Å². The van der Waals surface area contributed by atoms with Crippen LogP contribution in [0.2, 0.25) is 0 Å². The second-order valence-electron chi connectivity index (χ2n) is 4.96. The summed E-state index contributed by atoms with van der Waals surface area (Å²) in [5.74, 6) is 1.61. The molecule has 2 rings (SSSR count). The van der Waals surface area contributed by atoms with E-state index in [0.29, 0.717) is 13.2 Å². The molecule has 0 unspecified atom stereocenters. The van der Waals surface area contributed by atoms with E-state index in [-0.39, 0.29) is 5.11 Å². The van der Waals surface area contributed by atoms with E-state index < -0.39 is 0 Å². The average Bonchev–Trinajstić information content (AvgIpc) is 2.55. The van der Waals surface area contributed by atoms with Crippen molar-refractivity contribution < 1.29 is 9.47 Å². The van der Waals surface area contributed by atoms with E-state index in [2.05, 4.69) is 10.3 Å². The van der Waals surface area contributed by atoms with Crippen molar-refractivity contribution in [1.29, 1.82) is 0 Å². The zero-order chi connectivity index (χ0) is 16.3. The Bertz CT molecular complexity index is 608. The molecular weight excluding hydrogens is 310 g/mol. The number of benzene rings is 1. The van der Waals surface area contributed by atoms with Gasteiger partial charge in [0.05, 0.1) is 19.4 Å². The third-order valence-electron chi connectivity index (χ3n) is 3.06. The van der Waals surface area contributed by atoms with Crippen LogP contribution in [0.5, 0.6) is 11.5 Å². The Balaban J connectivity index is 1.57. The maximum atomic E-state index is 5.72. The molecular formula is C17H21N3O2S. The molecule has 6 heteroatoms. The Labute approximate surface area is 141 Å². The van der Waals surface area contributed by atoms with Crippen LogP contribution in [0.25, 0.3) is 0 Å². The van der Waals surface area contributed by atoms with Gasteiger partial charge in [0.25, 0.3) is 0 Å². The van der Waals surface area contributed by atoms with Gasteiger partial charge in [-0.1, -0.05) is 6.07 Å². The average molecular weight is 331 g/mol. The van der Waals surface area contributed by atoms with E-state index in [1.807, 2.05) is 36.4 Å². The predicted octanol–water partition coefficient (Wildman–Crippen LogP) is 3.37. The Morgan fingerprint density at radius 2 is 1.78 bits per heavy atom. The molecule has 0 bridgehead atoms. The van der Waals surface area contributed by atoms with Gasteiger partial charge in [-0.2, -0.15) is 0 Å². The first-order chi connectivity index (χ1) is 11.2. The van der Waals surface area contributed by atoms with Gasteiger partial charge in [-0.05, 0) is 55.7 Å². The molecule has 0 saturated carbocycles. The fourth-order valence-corrected chi connectivity index (χ4v) is 2.12. The van der Waals surface area contributed by atoms with Gasteiger partial charge in [0.1, 0.15) is 11.5 Å². The molecule has 5 nitrogen and oxygen atoms in total. The molecule has 0 aliphatic carbocycles. The topological polar surface area (TPSA) is 69.4 Å². The van der Waals surface area contributed by atoms with Crippen molar-refractivity contribution in [1.82, 2.24) is 4.98 Å². The molecule has 0 amide bonds. The molecule has 1 aromatic heterocycles. The summed E-state index contributed by atoms with van der Waals surface area (Å²) in [5, 5.41) is 3.13. The zero-order valence-electron chi connectivity index (χ0n) is 12.9. The molecule has 2 aromatic rings. The lowest BCUT2D eigenvalue weighted by Crippen LogP contribution is -2.18. The third-order valence-corrected chi connectivity index (χ3v) is 3.16. The Morgan fingerprint density at radius 3 is 2.48 bits per heavy atom. The van der Waals surface area contributed by atoms with Crippen LogP contribution in [0.3, 0.4) is 0 Å². The summed E-state index contributed by atoms with van der Waals surface area (Å²) < 4.78 is 11.3. The molecule has 0 aliphatic rings. The van der Waals surface area contributed by atoms with Crippen molar-refractivity contribution in [2.75, 3.05) is 18.5 Å². The van der Waals surface area contributed by atoms with Crippen molar-refractivity contribution in [3.63, 3.8) is 0 Å². The standard InChI is InChI=1S/C17H21N3O2S/c18-17(23)20-14-6-4-7-15(12-14)21-10-2-1-3-11-22-16-8-5-9-19-13-16/h4-9,12-13H,1-3,10-11H2,(H3,18,20,23). The van der Waals surface area contributed by atoms with Crippen molar-refractivity contribution in [2.24, 2.45) is 5.73 Å². The smallest absolute Gasteiger partial charge is 0.168 e. The van der Waals surface area contributed by atoms with Crippen LogP contribution in [0.4, 0.5) is 5.69 Å². The van der Waals surface area contributed by atoms with Crippen molar-refractivity contribution in [3.8, 4) is 11.5 Å². The highest BCUT2D eigenvalue weighted by Gasteiger charge is 1.98. The summed E-state index contributed by atoms with van der Waals surface area (Å²) in [6.45, 7) is 1.36. The first-order valence-corrected chi connectivity index (χ1v) is 7.97. The number of hydrogen-bond donors (Lipinski definition) is 2. The molecule has 23 heavy (non-hydrogen) atoms. The maximum Gasteiger partial charge on any atom is 0.168 e. The molecule has 122 valence electrons. The molecule has 1 heterocycles. The van der Waals surface area contributed by atoms with Gasteiger partial charge < -0.3 is 20.5 Å². The van der Waals surface area contributed by atoms with Crippen LogP contribution < -0.4 is 20.5 Å². The minimum absolute atomic E-state index is 0.246. The number of nitrogens with two attached hydrogens (primary N) is 1. The fraction of sp³-hybridized carbons (Fsp3) is 0.294. The van der Waals surface area contributed by atoms with E-state index in [4.69, 9.17) is 27.4 Å². The van der Waals surface area contributed by atoms with Crippen molar-refractivity contribution in [3.05, 3.63) is 48.8 Å². The highest BCUT2D eigenvalue weighted by atomic mass is 32.1. The highest BCUT2D eigenvalue weighted by Crippen LogP contribution is 2.17. The monoisotopic (exact) mass is 331 g/mol. The number of anilines is 1. The SMILES string of the molecule is NC(=S)Nc1cccc(OCCCCCOc2cccnc2)c1. The first kappa shape index (κ1) is 17.0. The van der Waals surface area contributed by atoms with Crippen LogP contribution in [0.15, 0.2) is 48.8 Å².